The van der Waals surface area contributed by atoms with Crippen LogP contribution >= 0.6 is 27.5 Å². The minimum atomic E-state index is -0.338. The Bertz CT molecular complexity index is 1060. The number of hydrogen-bond donors (Lipinski definition) is 1. The van der Waals surface area contributed by atoms with E-state index in [1.54, 1.807) is 0 Å². The fourth-order valence-corrected chi connectivity index (χ4v) is 4.82. The lowest BCUT2D eigenvalue weighted by atomic mass is 9.72. The molecule has 1 aliphatic carbocycles. The summed E-state index contributed by atoms with van der Waals surface area (Å²) in [5.74, 6) is -0.141. The van der Waals surface area contributed by atoms with Gasteiger partial charge in [-0.2, -0.15) is 5.26 Å². The van der Waals surface area contributed by atoms with Gasteiger partial charge in [-0.05, 0) is 48.6 Å². The van der Waals surface area contributed by atoms with Crippen molar-refractivity contribution in [2.24, 2.45) is 0 Å². The van der Waals surface area contributed by atoms with E-state index in [1.165, 1.54) is 0 Å². The average molecular weight is 454 g/mol. The standard InChI is InChI=1S/C23H18BrClN2O/c1-13-18(12-26)22(17-4-2-3-5-19(17)24)23-20(27-13)10-15(11-21(23)28)14-6-8-16(25)9-7-14/h2-9,15,22,27H,10-11H2,1H3/t15-,22+/m0/s1. The first kappa shape index (κ1) is 19.0. The smallest absolute Gasteiger partial charge is 0.162 e. The minimum absolute atomic E-state index is 0.0923. The highest BCUT2D eigenvalue weighted by atomic mass is 79.9. The predicted octanol–water partition coefficient (Wildman–Crippen LogP) is 5.99. The number of halogens is 2. The minimum Gasteiger partial charge on any atom is -0.361 e. The second kappa shape index (κ2) is 7.58. The number of allylic oxidation sites excluding steroid dienone is 4. The van der Waals surface area contributed by atoms with Crippen molar-refractivity contribution in [3.8, 4) is 6.07 Å². The molecule has 0 saturated carbocycles. The summed E-state index contributed by atoms with van der Waals surface area (Å²) in [7, 11) is 0. The second-order valence-corrected chi connectivity index (χ2v) is 8.49. The van der Waals surface area contributed by atoms with Crippen LogP contribution in [0.25, 0.3) is 0 Å². The van der Waals surface area contributed by atoms with Crippen molar-refractivity contribution in [1.82, 2.24) is 5.32 Å². The van der Waals surface area contributed by atoms with Crippen LogP contribution in [0.15, 0.2) is 75.5 Å². The molecule has 4 rings (SSSR count). The summed E-state index contributed by atoms with van der Waals surface area (Å²) < 4.78 is 0.905. The van der Waals surface area contributed by atoms with E-state index in [0.717, 1.165) is 39.0 Å². The number of ketones is 1. The molecule has 0 unspecified atom stereocenters. The summed E-state index contributed by atoms with van der Waals surface area (Å²) in [4.78, 5) is 13.3. The third-order valence-corrected chi connectivity index (χ3v) is 6.48. The van der Waals surface area contributed by atoms with Gasteiger partial charge in [0, 0.05) is 32.9 Å². The first-order valence-corrected chi connectivity index (χ1v) is 10.3. The van der Waals surface area contributed by atoms with Crippen LogP contribution in [0.2, 0.25) is 5.02 Å². The Labute approximate surface area is 177 Å². The van der Waals surface area contributed by atoms with Gasteiger partial charge in [0.05, 0.1) is 17.6 Å². The molecule has 28 heavy (non-hydrogen) atoms. The number of rotatable bonds is 2. The normalized spacial score (nSPS) is 21.9. The van der Waals surface area contributed by atoms with Crippen molar-refractivity contribution < 1.29 is 4.79 Å². The summed E-state index contributed by atoms with van der Waals surface area (Å²) in [5.41, 5.74) is 5.12. The third-order valence-electron chi connectivity index (χ3n) is 5.51. The van der Waals surface area contributed by atoms with Gasteiger partial charge < -0.3 is 5.32 Å². The fourth-order valence-electron chi connectivity index (χ4n) is 4.18. The van der Waals surface area contributed by atoms with Gasteiger partial charge in [0.25, 0.3) is 0 Å². The van der Waals surface area contributed by atoms with Gasteiger partial charge in [0.2, 0.25) is 0 Å². The quantitative estimate of drug-likeness (QED) is 0.608. The van der Waals surface area contributed by atoms with E-state index in [4.69, 9.17) is 11.6 Å². The molecule has 0 spiro atoms. The number of nitrogens with zero attached hydrogens (tertiary/aromatic N) is 1. The van der Waals surface area contributed by atoms with Crippen molar-refractivity contribution >= 4 is 33.3 Å². The molecule has 0 radical (unpaired) electrons. The van der Waals surface area contributed by atoms with Crippen LogP contribution in [0, 0.1) is 11.3 Å². The van der Waals surface area contributed by atoms with Gasteiger partial charge in [-0.1, -0.05) is 57.9 Å². The lowest BCUT2D eigenvalue weighted by molar-refractivity contribution is -0.116. The summed E-state index contributed by atoms with van der Waals surface area (Å²) in [6.07, 6.45) is 1.17. The largest absolute Gasteiger partial charge is 0.361 e. The van der Waals surface area contributed by atoms with Crippen LogP contribution in [0.5, 0.6) is 0 Å². The lowest BCUT2D eigenvalue weighted by Gasteiger charge is -2.36. The zero-order chi connectivity index (χ0) is 19.8. The SMILES string of the molecule is CC1=C(C#N)[C@@H](c2ccccc2Br)C2=C(C[C@H](c3ccc(Cl)cc3)CC2=O)N1. The fraction of sp³-hybridized carbons (Fsp3) is 0.217. The number of nitriles is 1. The van der Waals surface area contributed by atoms with Crippen molar-refractivity contribution in [2.45, 2.75) is 31.6 Å². The average Bonchev–Trinajstić information content (AvgIpc) is 2.68. The first-order chi connectivity index (χ1) is 13.5. The molecular weight excluding hydrogens is 436 g/mol. The Morgan fingerprint density at radius 3 is 2.54 bits per heavy atom. The topological polar surface area (TPSA) is 52.9 Å². The zero-order valence-corrected chi connectivity index (χ0v) is 17.6. The Hall–Kier alpha value is -2.35. The molecular formula is C23H18BrClN2O. The number of Topliss-reactive ketones (excluding diaryl/α,β-unsaturated/α-hetero) is 1. The lowest BCUT2D eigenvalue weighted by Crippen LogP contribution is -2.33. The molecule has 1 N–H and O–H groups in total. The van der Waals surface area contributed by atoms with E-state index < -0.39 is 0 Å². The van der Waals surface area contributed by atoms with Gasteiger partial charge >= 0.3 is 0 Å². The van der Waals surface area contributed by atoms with Crippen LogP contribution in [0.3, 0.4) is 0 Å². The molecule has 5 heteroatoms. The van der Waals surface area contributed by atoms with Crippen LogP contribution in [0.4, 0.5) is 0 Å². The summed E-state index contributed by atoms with van der Waals surface area (Å²) >= 11 is 9.61. The molecule has 1 aliphatic heterocycles. The first-order valence-electron chi connectivity index (χ1n) is 9.13. The highest BCUT2D eigenvalue weighted by Crippen LogP contribution is 2.46. The number of carbonyl (C=O) groups is 1. The zero-order valence-electron chi connectivity index (χ0n) is 15.3. The Morgan fingerprint density at radius 2 is 1.86 bits per heavy atom. The van der Waals surface area contributed by atoms with E-state index in [0.29, 0.717) is 17.0 Å². The Balaban J connectivity index is 1.80. The molecule has 2 aromatic carbocycles. The van der Waals surface area contributed by atoms with Crippen LogP contribution in [-0.4, -0.2) is 5.78 Å². The molecule has 0 fully saturated rings. The summed E-state index contributed by atoms with van der Waals surface area (Å²) in [6, 6.07) is 17.8. The maximum Gasteiger partial charge on any atom is 0.162 e. The van der Waals surface area contributed by atoms with E-state index >= 15 is 0 Å². The number of dihydropyridines is 1. The van der Waals surface area contributed by atoms with E-state index in [9.17, 15) is 10.1 Å². The highest BCUT2D eigenvalue weighted by Gasteiger charge is 2.39. The van der Waals surface area contributed by atoms with Gasteiger partial charge in [0.1, 0.15) is 0 Å². The van der Waals surface area contributed by atoms with Crippen LogP contribution < -0.4 is 5.32 Å². The van der Waals surface area contributed by atoms with Gasteiger partial charge in [0.15, 0.2) is 5.78 Å². The number of carbonyl (C=O) groups excluding carboxylic acids is 1. The number of hydrogen-bond acceptors (Lipinski definition) is 3. The van der Waals surface area contributed by atoms with E-state index in [-0.39, 0.29) is 17.6 Å². The van der Waals surface area contributed by atoms with Gasteiger partial charge in [-0.3, -0.25) is 4.79 Å². The Kier molecular flexibility index (Phi) is 5.14. The van der Waals surface area contributed by atoms with Crippen molar-refractivity contribution in [3.63, 3.8) is 0 Å². The number of nitrogens with one attached hydrogen (secondary N) is 1. The maximum absolute atomic E-state index is 13.3. The summed E-state index contributed by atoms with van der Waals surface area (Å²) in [5, 5.41) is 13.8. The molecule has 2 aromatic rings. The van der Waals surface area contributed by atoms with Gasteiger partial charge in [-0.15, -0.1) is 0 Å². The molecule has 1 heterocycles. The van der Waals surface area contributed by atoms with Gasteiger partial charge in [-0.25, -0.2) is 0 Å². The maximum atomic E-state index is 13.3. The molecule has 0 saturated heterocycles. The molecule has 0 bridgehead atoms. The van der Waals surface area contributed by atoms with Crippen LogP contribution in [-0.2, 0) is 4.79 Å². The molecule has 2 atom stereocenters. The van der Waals surface area contributed by atoms with Crippen molar-refractivity contribution in [3.05, 3.63) is 91.7 Å². The van der Waals surface area contributed by atoms with Crippen LogP contribution in [0.1, 0.15) is 42.7 Å². The number of benzene rings is 2. The predicted molar refractivity (Wildman–Crippen MR) is 114 cm³/mol. The Morgan fingerprint density at radius 1 is 1.14 bits per heavy atom. The second-order valence-electron chi connectivity index (χ2n) is 7.20. The summed E-state index contributed by atoms with van der Waals surface area (Å²) in [6.45, 7) is 1.91. The molecule has 2 aliphatic rings. The van der Waals surface area contributed by atoms with Crippen molar-refractivity contribution in [1.29, 1.82) is 5.26 Å². The molecule has 140 valence electrons. The molecule has 0 aromatic heterocycles. The monoisotopic (exact) mass is 452 g/mol. The van der Waals surface area contributed by atoms with E-state index in [2.05, 4.69) is 27.3 Å². The molecule has 0 amide bonds. The third kappa shape index (κ3) is 3.30. The highest BCUT2D eigenvalue weighted by molar-refractivity contribution is 9.10. The molecule has 3 nitrogen and oxygen atoms in total. The van der Waals surface area contributed by atoms with Crippen molar-refractivity contribution in [2.75, 3.05) is 0 Å². The van der Waals surface area contributed by atoms with E-state index in [1.807, 2.05) is 55.5 Å².